The highest BCUT2D eigenvalue weighted by molar-refractivity contribution is 7.95. The molecular formula is C12H13FO3S. The molecule has 0 fully saturated rings. The Kier molecular flexibility index (Phi) is 3.05. The van der Waals surface area contributed by atoms with Crippen LogP contribution in [0.4, 0.5) is 4.39 Å². The average molecular weight is 256 g/mol. The zero-order valence-electron chi connectivity index (χ0n) is 9.60. The molecule has 1 aromatic rings. The summed E-state index contributed by atoms with van der Waals surface area (Å²) in [6.45, 7) is 3.96. The van der Waals surface area contributed by atoms with E-state index in [9.17, 15) is 12.8 Å². The van der Waals surface area contributed by atoms with Gasteiger partial charge in [-0.25, -0.2) is 12.8 Å². The van der Waals surface area contributed by atoms with Gasteiger partial charge < -0.3 is 4.74 Å². The summed E-state index contributed by atoms with van der Waals surface area (Å²) in [4.78, 5) is 0.0276. The van der Waals surface area contributed by atoms with E-state index in [0.717, 1.165) is 11.5 Å². The van der Waals surface area contributed by atoms with Crippen LogP contribution in [-0.4, -0.2) is 21.1 Å². The first-order valence-corrected chi connectivity index (χ1v) is 6.82. The summed E-state index contributed by atoms with van der Waals surface area (Å²) in [5.74, 6) is -0.549. The Bertz CT molecular complexity index is 573. The topological polar surface area (TPSA) is 43.4 Å². The number of benzene rings is 1. The zero-order valence-corrected chi connectivity index (χ0v) is 10.4. The van der Waals surface area contributed by atoms with Crippen molar-refractivity contribution in [3.8, 4) is 0 Å². The Hall–Kier alpha value is -1.20. The molecule has 3 nitrogen and oxygen atoms in total. The van der Waals surface area contributed by atoms with Crippen molar-refractivity contribution in [2.24, 2.45) is 0 Å². The summed E-state index contributed by atoms with van der Waals surface area (Å²) in [6.07, 6.45) is 0.0168. The van der Waals surface area contributed by atoms with E-state index in [1.807, 2.05) is 13.8 Å². The minimum atomic E-state index is -3.51. The molecular weight excluding hydrogens is 243 g/mol. The molecule has 1 aromatic carbocycles. The van der Waals surface area contributed by atoms with Gasteiger partial charge in [0.25, 0.3) is 0 Å². The van der Waals surface area contributed by atoms with Crippen molar-refractivity contribution >= 4 is 15.4 Å². The van der Waals surface area contributed by atoms with Gasteiger partial charge in [0.15, 0.2) is 0 Å². The maximum atomic E-state index is 13.0. The Balaban J connectivity index is 2.40. The van der Waals surface area contributed by atoms with E-state index in [-0.39, 0.29) is 17.6 Å². The van der Waals surface area contributed by atoms with Crippen molar-refractivity contribution in [1.82, 2.24) is 0 Å². The van der Waals surface area contributed by atoms with Gasteiger partial charge in [-0.15, -0.1) is 0 Å². The number of rotatable bonds is 3. The zero-order chi connectivity index (χ0) is 12.6. The lowest BCUT2D eigenvalue weighted by Gasteiger charge is -2.08. The van der Waals surface area contributed by atoms with Crippen LogP contribution in [0.2, 0.25) is 0 Å². The fourth-order valence-electron chi connectivity index (χ4n) is 1.68. The van der Waals surface area contributed by atoms with Crippen molar-refractivity contribution in [2.75, 3.05) is 6.61 Å². The quantitative estimate of drug-likeness (QED) is 0.834. The fourth-order valence-corrected chi connectivity index (χ4v) is 3.16. The number of hydrogen-bond donors (Lipinski definition) is 0. The Morgan fingerprint density at radius 2 is 2.06 bits per heavy atom. The van der Waals surface area contributed by atoms with E-state index in [2.05, 4.69) is 0 Å². The largest absolute Gasteiger partial charge is 0.374 e. The van der Waals surface area contributed by atoms with Crippen LogP contribution in [-0.2, 0) is 14.6 Å². The van der Waals surface area contributed by atoms with E-state index in [1.54, 1.807) is 0 Å². The lowest BCUT2D eigenvalue weighted by atomic mass is 10.1. The average Bonchev–Trinajstić information content (AvgIpc) is 2.48. The monoisotopic (exact) mass is 256 g/mol. The summed E-state index contributed by atoms with van der Waals surface area (Å²) >= 11 is 0. The summed E-state index contributed by atoms with van der Waals surface area (Å²) < 4.78 is 41.9. The third-order valence-electron chi connectivity index (χ3n) is 2.47. The van der Waals surface area contributed by atoms with Gasteiger partial charge in [0.1, 0.15) is 5.82 Å². The molecule has 2 rings (SSSR count). The minimum absolute atomic E-state index is 0.0168. The number of ether oxygens (including phenoxy) is 1. The van der Waals surface area contributed by atoms with Crippen molar-refractivity contribution < 1.29 is 17.5 Å². The second-order valence-corrected chi connectivity index (χ2v) is 5.95. The number of hydrogen-bond acceptors (Lipinski definition) is 3. The van der Waals surface area contributed by atoms with Crippen LogP contribution in [0.1, 0.15) is 19.4 Å². The van der Waals surface area contributed by atoms with Crippen LogP contribution >= 0.6 is 0 Å². The third kappa shape index (κ3) is 2.40. The molecule has 17 heavy (non-hydrogen) atoms. The van der Waals surface area contributed by atoms with Gasteiger partial charge in [0, 0.05) is 5.41 Å². The van der Waals surface area contributed by atoms with Gasteiger partial charge in [0.2, 0.25) is 9.84 Å². The number of fused-ring (bicyclic) bond motifs is 1. The van der Waals surface area contributed by atoms with Crippen molar-refractivity contribution in [3.05, 3.63) is 35.0 Å². The van der Waals surface area contributed by atoms with Crippen molar-refractivity contribution in [2.45, 2.75) is 24.8 Å². The summed E-state index contributed by atoms with van der Waals surface area (Å²) in [7, 11) is -3.51. The molecule has 92 valence electrons. The molecule has 0 unspecified atom stereocenters. The van der Waals surface area contributed by atoms with Crippen molar-refractivity contribution in [3.63, 3.8) is 0 Å². The predicted molar refractivity (Wildman–Crippen MR) is 62.7 cm³/mol. The molecule has 0 spiro atoms. The Morgan fingerprint density at radius 1 is 1.35 bits per heavy atom. The van der Waals surface area contributed by atoms with E-state index >= 15 is 0 Å². The normalized spacial score (nSPS) is 17.1. The lowest BCUT2D eigenvalue weighted by Crippen LogP contribution is -2.04. The molecule has 1 aliphatic rings. The second kappa shape index (κ2) is 4.23. The molecule has 0 N–H and O–H groups in total. The fraction of sp³-hybridized carbons (Fsp3) is 0.333. The van der Waals surface area contributed by atoms with Crippen molar-refractivity contribution in [1.29, 1.82) is 0 Å². The van der Waals surface area contributed by atoms with Gasteiger partial charge in [0.05, 0.1) is 17.6 Å². The van der Waals surface area contributed by atoms with Gasteiger partial charge in [-0.1, -0.05) is 6.07 Å². The smallest absolute Gasteiger partial charge is 0.200 e. The molecule has 0 saturated carbocycles. The van der Waals surface area contributed by atoms with E-state index < -0.39 is 15.7 Å². The minimum Gasteiger partial charge on any atom is -0.374 e. The van der Waals surface area contributed by atoms with Gasteiger partial charge in [-0.2, -0.15) is 0 Å². The molecule has 0 bridgehead atoms. The lowest BCUT2D eigenvalue weighted by molar-refractivity contribution is 0.107. The van der Waals surface area contributed by atoms with Crippen LogP contribution in [0.25, 0.3) is 5.57 Å². The molecule has 1 aliphatic heterocycles. The van der Waals surface area contributed by atoms with Gasteiger partial charge in [-0.05, 0) is 37.1 Å². The summed E-state index contributed by atoms with van der Waals surface area (Å²) in [5, 5.41) is 1.15. The van der Waals surface area contributed by atoms with E-state index in [4.69, 9.17) is 4.74 Å². The van der Waals surface area contributed by atoms with Crippen LogP contribution in [0, 0.1) is 5.82 Å². The summed E-state index contributed by atoms with van der Waals surface area (Å²) in [6, 6.07) is 3.77. The highest BCUT2D eigenvalue weighted by atomic mass is 32.2. The number of halogens is 1. The van der Waals surface area contributed by atoms with Gasteiger partial charge in [-0.3, -0.25) is 0 Å². The number of sulfone groups is 1. The van der Waals surface area contributed by atoms with E-state index in [1.165, 1.54) is 12.1 Å². The Morgan fingerprint density at radius 3 is 2.71 bits per heavy atom. The molecule has 0 amide bonds. The first-order chi connectivity index (χ1) is 7.90. The maximum Gasteiger partial charge on any atom is 0.200 e. The standard InChI is InChI=1S/C12H13FO3S/c1-8(2)16-6-9-7-17(14,15)12-5-10(13)3-4-11(9)12/h3-5,7-8H,6H2,1-2H3. The van der Waals surface area contributed by atoms with Gasteiger partial charge >= 0.3 is 0 Å². The van der Waals surface area contributed by atoms with Crippen LogP contribution in [0.3, 0.4) is 0 Å². The highest BCUT2D eigenvalue weighted by Gasteiger charge is 2.27. The molecule has 0 radical (unpaired) electrons. The highest BCUT2D eigenvalue weighted by Crippen LogP contribution is 2.33. The SMILES string of the molecule is CC(C)OCC1=CS(=O)(=O)c2cc(F)ccc21. The molecule has 0 atom stereocenters. The molecule has 1 heterocycles. The van der Waals surface area contributed by atoms with Crippen LogP contribution in [0.15, 0.2) is 28.5 Å². The first kappa shape index (κ1) is 12.3. The molecule has 0 aromatic heterocycles. The third-order valence-corrected chi connectivity index (χ3v) is 4.01. The maximum absolute atomic E-state index is 13.0. The predicted octanol–water partition coefficient (Wildman–Crippen LogP) is 2.38. The first-order valence-electron chi connectivity index (χ1n) is 5.27. The van der Waals surface area contributed by atoms with Crippen LogP contribution in [0.5, 0.6) is 0 Å². The molecule has 0 saturated heterocycles. The summed E-state index contributed by atoms with van der Waals surface area (Å²) in [5.41, 5.74) is 1.11. The molecule has 0 aliphatic carbocycles. The van der Waals surface area contributed by atoms with Crippen LogP contribution < -0.4 is 0 Å². The second-order valence-electron chi connectivity index (χ2n) is 4.19. The molecule has 5 heteroatoms. The van der Waals surface area contributed by atoms with E-state index in [0.29, 0.717) is 11.1 Å². The Labute approximate surface area is 99.8 Å².